The molecule has 0 bridgehead atoms. The first-order valence-electron chi connectivity index (χ1n) is 10.9. The van der Waals surface area contributed by atoms with Crippen LogP contribution in [0, 0.1) is 0 Å². The van der Waals surface area contributed by atoms with Crippen molar-refractivity contribution in [2.24, 2.45) is 0 Å². The van der Waals surface area contributed by atoms with E-state index < -0.39 is 5.54 Å². The lowest BCUT2D eigenvalue weighted by molar-refractivity contribution is -0.126. The molecule has 156 valence electrons. The van der Waals surface area contributed by atoms with Gasteiger partial charge in [-0.15, -0.1) is 0 Å². The molecule has 2 aliphatic rings. The molecule has 1 aromatic heterocycles. The van der Waals surface area contributed by atoms with E-state index in [2.05, 4.69) is 15.7 Å². The SMILES string of the molecule is CCCn1nc2n(c1=O)CCC(NC(=O)C1(Nc3ccccc3)CCCC1)CC2. The van der Waals surface area contributed by atoms with Crippen molar-refractivity contribution in [3.05, 3.63) is 46.6 Å². The lowest BCUT2D eigenvalue weighted by Crippen LogP contribution is -2.53. The Balaban J connectivity index is 1.43. The number of carbonyl (C=O) groups is 1. The standard InChI is InChI=1S/C22H31N5O2/c1-2-15-27-21(29)26-16-12-17(10-11-19(26)25-27)23-20(28)22(13-6-7-14-22)24-18-8-4-3-5-9-18/h3-5,8-9,17,24H,2,6-7,10-16H2,1H3,(H,23,28). The Morgan fingerprint density at radius 3 is 2.69 bits per heavy atom. The van der Waals surface area contributed by atoms with E-state index in [1.165, 1.54) is 0 Å². The summed E-state index contributed by atoms with van der Waals surface area (Å²) in [6.45, 7) is 3.32. The van der Waals surface area contributed by atoms with Crippen molar-refractivity contribution < 1.29 is 4.79 Å². The van der Waals surface area contributed by atoms with Gasteiger partial charge in [-0.05, 0) is 44.2 Å². The monoisotopic (exact) mass is 397 g/mol. The largest absolute Gasteiger partial charge is 0.371 e. The number of para-hydroxylation sites is 1. The zero-order valence-electron chi connectivity index (χ0n) is 17.2. The number of aryl methyl sites for hydroxylation is 2. The number of aromatic nitrogens is 3. The molecule has 1 aromatic carbocycles. The van der Waals surface area contributed by atoms with E-state index in [9.17, 15) is 9.59 Å². The Hall–Kier alpha value is -2.57. The Kier molecular flexibility index (Phi) is 5.74. The van der Waals surface area contributed by atoms with Crippen LogP contribution in [0.5, 0.6) is 0 Å². The lowest BCUT2D eigenvalue weighted by atomic mass is 9.94. The summed E-state index contributed by atoms with van der Waals surface area (Å²) in [5, 5.41) is 11.3. The van der Waals surface area contributed by atoms with Gasteiger partial charge in [0.25, 0.3) is 0 Å². The van der Waals surface area contributed by atoms with Crippen molar-refractivity contribution in [1.82, 2.24) is 19.7 Å². The maximum atomic E-state index is 13.3. The summed E-state index contributed by atoms with van der Waals surface area (Å²) >= 11 is 0. The summed E-state index contributed by atoms with van der Waals surface area (Å²) in [6.07, 6.45) is 7.01. The molecule has 1 amide bonds. The predicted molar refractivity (Wildman–Crippen MR) is 113 cm³/mol. The fraction of sp³-hybridized carbons (Fsp3) is 0.591. The minimum atomic E-state index is -0.533. The molecule has 1 saturated carbocycles. The highest BCUT2D eigenvalue weighted by Crippen LogP contribution is 2.34. The third kappa shape index (κ3) is 4.09. The van der Waals surface area contributed by atoms with Crippen molar-refractivity contribution in [1.29, 1.82) is 0 Å². The summed E-state index contributed by atoms with van der Waals surface area (Å²) in [5.74, 6) is 0.935. The summed E-state index contributed by atoms with van der Waals surface area (Å²) in [7, 11) is 0. The lowest BCUT2D eigenvalue weighted by Gasteiger charge is -2.32. The van der Waals surface area contributed by atoms with Crippen molar-refractivity contribution in [2.75, 3.05) is 5.32 Å². The molecule has 4 rings (SSSR count). The molecule has 7 heteroatoms. The molecule has 0 radical (unpaired) electrons. The predicted octanol–water partition coefficient (Wildman–Crippen LogP) is 2.70. The molecule has 1 fully saturated rings. The molecule has 29 heavy (non-hydrogen) atoms. The van der Waals surface area contributed by atoms with Crippen LogP contribution in [0.25, 0.3) is 0 Å². The van der Waals surface area contributed by atoms with Gasteiger partial charge in [0.2, 0.25) is 5.91 Å². The zero-order chi connectivity index (χ0) is 20.3. The van der Waals surface area contributed by atoms with Crippen molar-refractivity contribution >= 4 is 11.6 Å². The number of rotatable bonds is 6. The fourth-order valence-corrected chi connectivity index (χ4v) is 4.64. The first-order valence-corrected chi connectivity index (χ1v) is 10.9. The van der Waals surface area contributed by atoms with Gasteiger partial charge in [0, 0.05) is 31.2 Å². The van der Waals surface area contributed by atoms with Crippen LogP contribution in [0.4, 0.5) is 5.69 Å². The number of hydrogen-bond donors (Lipinski definition) is 2. The van der Waals surface area contributed by atoms with Gasteiger partial charge in [0.05, 0.1) is 0 Å². The molecule has 0 saturated heterocycles. The van der Waals surface area contributed by atoms with E-state index in [0.717, 1.165) is 62.9 Å². The third-order valence-electron chi connectivity index (χ3n) is 6.24. The zero-order valence-corrected chi connectivity index (χ0v) is 17.2. The number of nitrogens with one attached hydrogen (secondary N) is 2. The van der Waals surface area contributed by atoms with E-state index in [4.69, 9.17) is 0 Å². The van der Waals surface area contributed by atoms with E-state index >= 15 is 0 Å². The molecule has 2 N–H and O–H groups in total. The summed E-state index contributed by atoms with van der Waals surface area (Å²) < 4.78 is 3.36. The summed E-state index contributed by atoms with van der Waals surface area (Å²) in [4.78, 5) is 25.8. The quantitative estimate of drug-likeness (QED) is 0.785. The minimum absolute atomic E-state index is 0.0215. The van der Waals surface area contributed by atoms with Gasteiger partial charge >= 0.3 is 5.69 Å². The molecule has 0 spiro atoms. The average Bonchev–Trinajstić information content (AvgIpc) is 3.25. The van der Waals surface area contributed by atoms with Gasteiger partial charge < -0.3 is 10.6 Å². The number of fused-ring (bicyclic) bond motifs is 1. The van der Waals surface area contributed by atoms with Gasteiger partial charge in [-0.2, -0.15) is 5.10 Å². The smallest absolute Gasteiger partial charge is 0.345 e. The number of amides is 1. The number of nitrogens with zero attached hydrogens (tertiary/aromatic N) is 3. The molecule has 7 nitrogen and oxygen atoms in total. The highest BCUT2D eigenvalue weighted by molar-refractivity contribution is 5.90. The normalized spacial score (nSPS) is 20.7. The van der Waals surface area contributed by atoms with Crippen molar-refractivity contribution in [3.63, 3.8) is 0 Å². The van der Waals surface area contributed by atoms with Gasteiger partial charge in [-0.1, -0.05) is 38.0 Å². The average molecular weight is 398 g/mol. The van der Waals surface area contributed by atoms with E-state index in [-0.39, 0.29) is 17.6 Å². The van der Waals surface area contributed by atoms with Crippen LogP contribution < -0.4 is 16.3 Å². The topological polar surface area (TPSA) is 81.0 Å². The molecule has 1 aliphatic carbocycles. The van der Waals surface area contributed by atoms with Gasteiger partial charge in [0.1, 0.15) is 11.4 Å². The molecule has 1 unspecified atom stereocenters. The molecular weight excluding hydrogens is 366 g/mol. The summed E-state index contributed by atoms with van der Waals surface area (Å²) in [6, 6.07) is 10.1. The second kappa shape index (κ2) is 8.43. The van der Waals surface area contributed by atoms with Crippen LogP contribution in [-0.2, 0) is 24.3 Å². The Morgan fingerprint density at radius 1 is 1.21 bits per heavy atom. The number of anilines is 1. The first kappa shape index (κ1) is 19.7. The Bertz CT molecular complexity index is 896. The van der Waals surface area contributed by atoms with Crippen LogP contribution >= 0.6 is 0 Å². The van der Waals surface area contributed by atoms with Crippen molar-refractivity contribution in [3.8, 4) is 0 Å². The first-order chi connectivity index (χ1) is 14.1. The van der Waals surface area contributed by atoms with Crippen LogP contribution in [0.15, 0.2) is 35.1 Å². The van der Waals surface area contributed by atoms with Crippen LogP contribution in [0.3, 0.4) is 0 Å². The maximum absolute atomic E-state index is 13.3. The van der Waals surface area contributed by atoms with E-state index in [0.29, 0.717) is 13.1 Å². The molecule has 2 aromatic rings. The van der Waals surface area contributed by atoms with Gasteiger partial charge in [0.15, 0.2) is 0 Å². The number of carbonyl (C=O) groups excluding carboxylic acids is 1. The minimum Gasteiger partial charge on any atom is -0.371 e. The second-order valence-electron chi connectivity index (χ2n) is 8.35. The Morgan fingerprint density at radius 2 is 1.97 bits per heavy atom. The summed E-state index contributed by atoms with van der Waals surface area (Å²) in [5.41, 5.74) is 0.434. The number of hydrogen-bond acceptors (Lipinski definition) is 4. The fourth-order valence-electron chi connectivity index (χ4n) is 4.64. The number of benzene rings is 1. The third-order valence-corrected chi connectivity index (χ3v) is 6.24. The van der Waals surface area contributed by atoms with Crippen molar-refractivity contribution in [2.45, 2.75) is 83.0 Å². The second-order valence-corrected chi connectivity index (χ2v) is 8.35. The molecule has 1 atom stereocenters. The Labute approximate surface area is 171 Å². The van der Waals surface area contributed by atoms with Crippen LogP contribution in [0.2, 0.25) is 0 Å². The maximum Gasteiger partial charge on any atom is 0.345 e. The van der Waals surface area contributed by atoms with E-state index in [1.54, 1.807) is 9.25 Å². The van der Waals surface area contributed by atoms with Gasteiger partial charge in [-0.25, -0.2) is 9.48 Å². The molecule has 2 heterocycles. The molecular formula is C22H31N5O2. The van der Waals surface area contributed by atoms with Gasteiger partial charge in [-0.3, -0.25) is 9.36 Å². The highest BCUT2D eigenvalue weighted by atomic mass is 16.2. The molecule has 1 aliphatic heterocycles. The highest BCUT2D eigenvalue weighted by Gasteiger charge is 2.42. The van der Waals surface area contributed by atoms with Crippen LogP contribution in [0.1, 0.15) is 57.7 Å². The van der Waals surface area contributed by atoms with Crippen LogP contribution in [-0.4, -0.2) is 31.8 Å². The van der Waals surface area contributed by atoms with E-state index in [1.807, 2.05) is 37.3 Å².